The first-order valence-corrected chi connectivity index (χ1v) is 10.8. The van der Waals surface area contributed by atoms with Gasteiger partial charge >= 0.3 is 0 Å². The summed E-state index contributed by atoms with van der Waals surface area (Å²) < 4.78 is 2.12. The van der Waals surface area contributed by atoms with E-state index in [1.165, 1.54) is 36.8 Å². The van der Waals surface area contributed by atoms with Crippen LogP contribution in [0.1, 0.15) is 58.6 Å². The third-order valence-electron chi connectivity index (χ3n) is 6.20. The Morgan fingerprint density at radius 2 is 2.15 bits per heavy atom. The Morgan fingerprint density at radius 3 is 2.89 bits per heavy atom. The fraction of sp³-hybridized carbons (Fsp3) is 0.762. The minimum Gasteiger partial charge on any atom is -0.355 e. The van der Waals surface area contributed by atoms with Crippen molar-refractivity contribution in [3.8, 4) is 0 Å². The molecule has 6 heteroatoms. The van der Waals surface area contributed by atoms with Gasteiger partial charge < -0.3 is 10.2 Å². The van der Waals surface area contributed by atoms with Gasteiger partial charge in [0.1, 0.15) is 12.1 Å². The van der Waals surface area contributed by atoms with Gasteiger partial charge in [0.25, 0.3) is 0 Å². The van der Waals surface area contributed by atoms with Crippen LogP contribution in [0.2, 0.25) is 0 Å². The van der Waals surface area contributed by atoms with Gasteiger partial charge in [0.2, 0.25) is 0 Å². The minimum absolute atomic E-state index is 0.423. The van der Waals surface area contributed by atoms with Gasteiger partial charge in [0, 0.05) is 31.6 Å². The Labute approximate surface area is 162 Å². The number of piperidine rings is 1. The molecule has 2 fully saturated rings. The smallest absolute Gasteiger partial charge is 0.163 e. The van der Waals surface area contributed by atoms with Crippen LogP contribution in [-0.4, -0.2) is 45.9 Å². The molecular formula is C21H34N6. The molecule has 148 valence electrons. The van der Waals surface area contributed by atoms with Crippen LogP contribution in [-0.2, 0) is 13.0 Å². The number of rotatable bonds is 6. The Balaban J connectivity index is 1.74. The number of nitrogens with zero attached hydrogens (tertiary/aromatic N) is 5. The van der Waals surface area contributed by atoms with E-state index in [-0.39, 0.29) is 0 Å². The van der Waals surface area contributed by atoms with E-state index in [0.717, 1.165) is 57.0 Å². The van der Waals surface area contributed by atoms with Crippen LogP contribution in [0.25, 0.3) is 11.0 Å². The van der Waals surface area contributed by atoms with E-state index < -0.39 is 0 Å². The number of nitrogens with one attached hydrogen (secondary N) is 1. The summed E-state index contributed by atoms with van der Waals surface area (Å²) in [5, 5.41) is 9.77. The molecule has 4 heterocycles. The normalized spacial score (nSPS) is 23.2. The SMILES string of the molecule is CCCCn1nc(CC(C)C)c2c(N3CCCC4(CCNC4)C3)ncnc21. The van der Waals surface area contributed by atoms with E-state index in [2.05, 4.69) is 40.7 Å². The summed E-state index contributed by atoms with van der Waals surface area (Å²) in [6.45, 7) is 12.2. The molecule has 27 heavy (non-hydrogen) atoms. The van der Waals surface area contributed by atoms with Crippen molar-refractivity contribution in [2.75, 3.05) is 31.1 Å². The van der Waals surface area contributed by atoms with E-state index in [1.807, 2.05) is 0 Å². The molecule has 2 saturated heterocycles. The third kappa shape index (κ3) is 3.68. The zero-order valence-corrected chi connectivity index (χ0v) is 17.2. The third-order valence-corrected chi connectivity index (χ3v) is 6.20. The lowest BCUT2D eigenvalue weighted by atomic mass is 9.79. The minimum atomic E-state index is 0.423. The summed E-state index contributed by atoms with van der Waals surface area (Å²) >= 11 is 0. The van der Waals surface area contributed by atoms with Crippen LogP contribution < -0.4 is 10.2 Å². The number of fused-ring (bicyclic) bond motifs is 1. The second kappa shape index (κ2) is 7.74. The summed E-state index contributed by atoms with van der Waals surface area (Å²) in [6, 6.07) is 0. The highest BCUT2D eigenvalue weighted by atomic mass is 15.3. The summed E-state index contributed by atoms with van der Waals surface area (Å²) in [5.74, 6) is 1.69. The largest absolute Gasteiger partial charge is 0.355 e. The Kier molecular flexibility index (Phi) is 5.35. The average Bonchev–Trinajstić information content (AvgIpc) is 3.24. The molecule has 0 bridgehead atoms. The predicted octanol–water partition coefficient (Wildman–Crippen LogP) is 3.40. The molecule has 6 nitrogen and oxygen atoms in total. The molecule has 4 rings (SSSR count). The maximum Gasteiger partial charge on any atom is 0.163 e. The van der Waals surface area contributed by atoms with Gasteiger partial charge in [-0.3, -0.25) is 0 Å². The van der Waals surface area contributed by atoms with Crippen molar-refractivity contribution in [3.05, 3.63) is 12.0 Å². The first kappa shape index (κ1) is 18.7. The lowest BCUT2D eigenvalue weighted by molar-refractivity contribution is 0.260. The average molecular weight is 371 g/mol. The van der Waals surface area contributed by atoms with Crippen molar-refractivity contribution in [3.63, 3.8) is 0 Å². The van der Waals surface area contributed by atoms with Gasteiger partial charge in [-0.05, 0) is 44.6 Å². The number of hydrogen-bond donors (Lipinski definition) is 1. The number of aromatic nitrogens is 4. The molecule has 1 unspecified atom stereocenters. The number of aryl methyl sites for hydroxylation is 1. The number of anilines is 1. The van der Waals surface area contributed by atoms with Crippen LogP contribution in [0.15, 0.2) is 6.33 Å². The molecule has 1 spiro atoms. The van der Waals surface area contributed by atoms with E-state index in [0.29, 0.717) is 11.3 Å². The predicted molar refractivity (Wildman–Crippen MR) is 110 cm³/mol. The highest BCUT2D eigenvalue weighted by Crippen LogP contribution is 2.39. The van der Waals surface area contributed by atoms with Gasteiger partial charge in [-0.1, -0.05) is 27.2 Å². The van der Waals surface area contributed by atoms with Crippen LogP contribution >= 0.6 is 0 Å². The molecule has 2 aliphatic heterocycles. The molecule has 0 aromatic carbocycles. The van der Waals surface area contributed by atoms with Crippen LogP contribution in [0, 0.1) is 11.3 Å². The van der Waals surface area contributed by atoms with E-state index >= 15 is 0 Å². The Hall–Kier alpha value is -1.69. The molecule has 0 saturated carbocycles. The highest BCUT2D eigenvalue weighted by Gasteiger charge is 2.39. The lowest BCUT2D eigenvalue weighted by Gasteiger charge is -2.40. The van der Waals surface area contributed by atoms with Gasteiger partial charge in [-0.15, -0.1) is 0 Å². The van der Waals surface area contributed by atoms with Gasteiger partial charge in [-0.2, -0.15) is 5.10 Å². The second-order valence-corrected chi connectivity index (χ2v) is 8.97. The van der Waals surface area contributed by atoms with Gasteiger partial charge in [0.15, 0.2) is 5.65 Å². The molecule has 2 aliphatic rings. The monoisotopic (exact) mass is 370 g/mol. The molecule has 0 amide bonds. The second-order valence-electron chi connectivity index (χ2n) is 8.97. The van der Waals surface area contributed by atoms with Crippen molar-refractivity contribution in [2.45, 2.75) is 65.8 Å². The van der Waals surface area contributed by atoms with Gasteiger partial charge in [0.05, 0.1) is 11.1 Å². The van der Waals surface area contributed by atoms with Crippen LogP contribution in [0.5, 0.6) is 0 Å². The van der Waals surface area contributed by atoms with Gasteiger partial charge in [-0.25, -0.2) is 14.6 Å². The fourth-order valence-electron chi connectivity index (χ4n) is 4.83. The Morgan fingerprint density at radius 1 is 1.26 bits per heavy atom. The van der Waals surface area contributed by atoms with Crippen LogP contribution in [0.4, 0.5) is 5.82 Å². The lowest BCUT2D eigenvalue weighted by Crippen LogP contribution is -2.45. The maximum atomic E-state index is 4.99. The zero-order valence-electron chi connectivity index (χ0n) is 17.2. The van der Waals surface area contributed by atoms with Crippen molar-refractivity contribution >= 4 is 16.9 Å². The number of unbranched alkanes of at least 4 members (excludes halogenated alkanes) is 1. The first-order valence-electron chi connectivity index (χ1n) is 10.8. The topological polar surface area (TPSA) is 58.9 Å². The highest BCUT2D eigenvalue weighted by molar-refractivity contribution is 5.90. The Bertz CT molecular complexity index is 774. The summed E-state index contributed by atoms with van der Waals surface area (Å²) in [4.78, 5) is 12.0. The van der Waals surface area contributed by atoms with E-state index in [1.54, 1.807) is 6.33 Å². The summed E-state index contributed by atoms with van der Waals surface area (Å²) in [5.41, 5.74) is 2.62. The molecule has 0 aliphatic carbocycles. The summed E-state index contributed by atoms with van der Waals surface area (Å²) in [6.07, 6.45) is 8.89. The molecule has 1 N–H and O–H groups in total. The molecule has 1 atom stereocenters. The van der Waals surface area contributed by atoms with Crippen molar-refractivity contribution in [1.29, 1.82) is 0 Å². The maximum absolute atomic E-state index is 4.99. The van der Waals surface area contributed by atoms with Crippen molar-refractivity contribution in [1.82, 2.24) is 25.1 Å². The molecule has 2 aromatic heterocycles. The van der Waals surface area contributed by atoms with E-state index in [9.17, 15) is 0 Å². The molecule has 2 aromatic rings. The van der Waals surface area contributed by atoms with Crippen LogP contribution in [0.3, 0.4) is 0 Å². The zero-order chi connectivity index (χ0) is 18.9. The van der Waals surface area contributed by atoms with Crippen molar-refractivity contribution in [2.24, 2.45) is 11.3 Å². The standard InChI is InChI=1S/C21H34N6/c1-4-5-11-27-20-18(17(25-27)12-16(2)3)19(23-15-24-20)26-10-6-7-21(14-26)8-9-22-13-21/h15-16,22H,4-14H2,1-3H3. The molecular weight excluding hydrogens is 336 g/mol. The number of hydrogen-bond acceptors (Lipinski definition) is 5. The quantitative estimate of drug-likeness (QED) is 0.844. The molecule has 0 radical (unpaired) electrons. The summed E-state index contributed by atoms with van der Waals surface area (Å²) in [7, 11) is 0. The van der Waals surface area contributed by atoms with Crippen molar-refractivity contribution < 1.29 is 0 Å². The first-order chi connectivity index (χ1) is 13.1. The van der Waals surface area contributed by atoms with E-state index in [4.69, 9.17) is 10.1 Å². The fourth-order valence-corrected chi connectivity index (χ4v) is 4.83.